The van der Waals surface area contributed by atoms with Crippen molar-refractivity contribution in [3.63, 3.8) is 0 Å². The number of imidazole rings is 1. The minimum atomic E-state index is -0.543. The molecule has 8 nitrogen and oxygen atoms in total. The highest BCUT2D eigenvalue weighted by molar-refractivity contribution is 6.34. The zero-order chi connectivity index (χ0) is 23.0. The number of aromatic nitrogens is 2. The molecule has 2 heterocycles. The van der Waals surface area contributed by atoms with Gasteiger partial charge >= 0.3 is 6.09 Å². The van der Waals surface area contributed by atoms with Gasteiger partial charge in [0.15, 0.2) is 0 Å². The summed E-state index contributed by atoms with van der Waals surface area (Å²) in [5.74, 6) is 0.184. The molecular formula is C22H22Cl2N4O4. The fourth-order valence-electron chi connectivity index (χ4n) is 3.63. The lowest BCUT2D eigenvalue weighted by atomic mass is 10.0. The lowest BCUT2D eigenvalue weighted by Crippen LogP contribution is -2.42. The zero-order valence-electron chi connectivity index (χ0n) is 17.7. The van der Waals surface area contributed by atoms with Crippen molar-refractivity contribution in [3.8, 4) is 0 Å². The van der Waals surface area contributed by atoms with Gasteiger partial charge in [0.05, 0.1) is 33.9 Å². The lowest BCUT2D eigenvalue weighted by Gasteiger charge is -2.28. The average molecular weight is 477 g/mol. The topological polar surface area (TPSA) is 96.6 Å². The van der Waals surface area contributed by atoms with Crippen LogP contribution in [0.2, 0.25) is 10.0 Å². The summed E-state index contributed by atoms with van der Waals surface area (Å²) < 4.78 is 10.4. The summed E-state index contributed by atoms with van der Waals surface area (Å²) in [4.78, 5) is 34.3. The van der Waals surface area contributed by atoms with Gasteiger partial charge in [-0.15, -0.1) is 0 Å². The van der Waals surface area contributed by atoms with E-state index in [1.54, 1.807) is 37.4 Å². The number of hydrogen-bond acceptors (Lipinski definition) is 5. The van der Waals surface area contributed by atoms with Gasteiger partial charge in [-0.25, -0.2) is 9.78 Å². The molecule has 10 heteroatoms. The number of methoxy groups -OCH3 is 1. The molecule has 1 unspecified atom stereocenters. The smallest absolute Gasteiger partial charge is 0.415 e. The van der Waals surface area contributed by atoms with Crippen molar-refractivity contribution in [2.45, 2.75) is 25.4 Å². The van der Waals surface area contributed by atoms with Crippen molar-refractivity contribution in [1.29, 1.82) is 0 Å². The van der Waals surface area contributed by atoms with Crippen LogP contribution in [0, 0.1) is 0 Å². The van der Waals surface area contributed by atoms with Crippen molar-refractivity contribution in [1.82, 2.24) is 15.3 Å². The van der Waals surface area contributed by atoms with Crippen LogP contribution in [0.3, 0.4) is 0 Å². The van der Waals surface area contributed by atoms with E-state index >= 15 is 0 Å². The Labute approximate surface area is 194 Å². The summed E-state index contributed by atoms with van der Waals surface area (Å²) in [7, 11) is 1.54. The Morgan fingerprint density at radius 2 is 2.09 bits per heavy atom. The van der Waals surface area contributed by atoms with Gasteiger partial charge in [0.2, 0.25) is 0 Å². The fourth-order valence-corrected chi connectivity index (χ4v) is 4.07. The van der Waals surface area contributed by atoms with Crippen molar-refractivity contribution < 1.29 is 19.1 Å². The summed E-state index contributed by atoms with van der Waals surface area (Å²) in [5.41, 5.74) is 1.77. The van der Waals surface area contributed by atoms with Crippen molar-refractivity contribution in [2.24, 2.45) is 0 Å². The molecule has 2 aromatic carbocycles. The molecule has 0 spiro atoms. The molecule has 1 atom stereocenters. The first-order chi connectivity index (χ1) is 15.2. The molecule has 0 bridgehead atoms. The number of carbonyl (C=O) groups is 2. The number of hydrogen-bond donors (Lipinski definition) is 2. The highest BCUT2D eigenvalue weighted by atomic mass is 35.5. The molecule has 1 aliphatic rings. The number of ether oxygens (including phenoxy) is 2. The Morgan fingerprint density at radius 3 is 2.75 bits per heavy atom. The Balaban J connectivity index is 1.57. The standard InChI is InChI=1S/C22H22Cl2N4O4/c1-22(2)11-32-21(30)28(22)18-7-4-12(8-14(18)24)20(29)27-17(10-31-3)19-25-15-6-5-13(23)9-16(15)26-19/h4-9,17H,10-11H2,1-3H3,(H,25,26)(H,27,29). The van der Waals surface area contributed by atoms with Gasteiger partial charge in [-0.05, 0) is 50.2 Å². The maximum Gasteiger partial charge on any atom is 0.415 e. The monoisotopic (exact) mass is 476 g/mol. The van der Waals surface area contributed by atoms with E-state index in [0.717, 1.165) is 11.0 Å². The largest absolute Gasteiger partial charge is 0.447 e. The van der Waals surface area contributed by atoms with Crippen LogP contribution in [-0.4, -0.2) is 47.8 Å². The predicted octanol–water partition coefficient (Wildman–Crippen LogP) is 4.72. The minimum absolute atomic E-state index is 0.207. The van der Waals surface area contributed by atoms with E-state index in [1.807, 2.05) is 13.8 Å². The SMILES string of the molecule is COCC(NC(=O)c1ccc(N2C(=O)OCC2(C)C)c(Cl)c1)c1nc2ccc(Cl)cc2[nH]1. The fraction of sp³-hybridized carbons (Fsp3) is 0.318. The first-order valence-electron chi connectivity index (χ1n) is 9.91. The number of benzene rings is 2. The van der Waals surface area contributed by atoms with Crippen LogP contribution in [-0.2, 0) is 9.47 Å². The van der Waals surface area contributed by atoms with Gasteiger partial charge in [-0.1, -0.05) is 23.2 Å². The van der Waals surface area contributed by atoms with Gasteiger partial charge in [-0.3, -0.25) is 9.69 Å². The number of nitrogens with one attached hydrogen (secondary N) is 2. The van der Waals surface area contributed by atoms with E-state index < -0.39 is 17.7 Å². The predicted molar refractivity (Wildman–Crippen MR) is 123 cm³/mol. The molecule has 0 aliphatic carbocycles. The van der Waals surface area contributed by atoms with Crippen molar-refractivity contribution >= 4 is 51.9 Å². The van der Waals surface area contributed by atoms with E-state index in [-0.39, 0.29) is 24.1 Å². The van der Waals surface area contributed by atoms with Crippen LogP contribution >= 0.6 is 23.2 Å². The molecule has 2 N–H and O–H groups in total. The third-order valence-electron chi connectivity index (χ3n) is 5.22. The number of anilines is 1. The molecular weight excluding hydrogens is 455 g/mol. The molecule has 3 aromatic rings. The molecule has 0 saturated carbocycles. The van der Waals surface area contributed by atoms with Gasteiger partial charge in [-0.2, -0.15) is 0 Å². The van der Waals surface area contributed by atoms with Crippen LogP contribution in [0.5, 0.6) is 0 Å². The summed E-state index contributed by atoms with van der Waals surface area (Å²) in [6.45, 7) is 4.22. The summed E-state index contributed by atoms with van der Waals surface area (Å²) in [5, 5.41) is 3.77. The quantitative estimate of drug-likeness (QED) is 0.536. The van der Waals surface area contributed by atoms with Gasteiger partial charge in [0.1, 0.15) is 18.5 Å². The van der Waals surface area contributed by atoms with Crippen LogP contribution in [0.4, 0.5) is 10.5 Å². The Hall–Kier alpha value is -2.81. The number of aromatic amines is 1. The molecule has 32 heavy (non-hydrogen) atoms. The number of amides is 2. The zero-order valence-corrected chi connectivity index (χ0v) is 19.3. The first kappa shape index (κ1) is 22.4. The summed E-state index contributed by atoms with van der Waals surface area (Å²) in [6.07, 6.45) is -0.473. The highest BCUT2D eigenvalue weighted by Gasteiger charge is 2.41. The van der Waals surface area contributed by atoms with Gasteiger partial charge in [0.25, 0.3) is 5.91 Å². The molecule has 1 aromatic heterocycles. The third kappa shape index (κ3) is 4.26. The Morgan fingerprint density at radius 1 is 1.31 bits per heavy atom. The molecule has 1 saturated heterocycles. The molecule has 168 valence electrons. The summed E-state index contributed by atoms with van der Waals surface area (Å²) in [6, 6.07) is 9.57. The number of H-pyrrole nitrogens is 1. The number of fused-ring (bicyclic) bond motifs is 1. The maximum atomic E-state index is 13.0. The second kappa shape index (κ2) is 8.61. The molecule has 4 rings (SSSR count). The highest BCUT2D eigenvalue weighted by Crippen LogP contribution is 2.36. The number of rotatable bonds is 6. The van der Waals surface area contributed by atoms with Crippen LogP contribution in [0.15, 0.2) is 36.4 Å². The summed E-state index contributed by atoms with van der Waals surface area (Å²) >= 11 is 12.5. The number of cyclic esters (lactones) is 1. The first-order valence-corrected chi connectivity index (χ1v) is 10.7. The number of carbonyl (C=O) groups excluding carboxylic acids is 2. The van der Waals surface area contributed by atoms with Crippen molar-refractivity contribution in [3.05, 3.63) is 57.8 Å². The normalized spacial score (nSPS) is 16.3. The molecule has 2 amide bonds. The Bertz CT molecular complexity index is 1190. The second-order valence-corrected chi connectivity index (χ2v) is 8.98. The minimum Gasteiger partial charge on any atom is -0.447 e. The van der Waals surface area contributed by atoms with E-state index in [1.165, 1.54) is 11.0 Å². The second-order valence-electron chi connectivity index (χ2n) is 8.13. The lowest BCUT2D eigenvalue weighted by molar-refractivity contribution is 0.0892. The van der Waals surface area contributed by atoms with E-state index in [9.17, 15) is 9.59 Å². The third-order valence-corrected chi connectivity index (χ3v) is 5.76. The maximum absolute atomic E-state index is 13.0. The van der Waals surface area contributed by atoms with Gasteiger partial charge in [0, 0.05) is 17.7 Å². The molecule has 1 aliphatic heterocycles. The molecule has 1 fully saturated rings. The Kier molecular flexibility index (Phi) is 6.03. The number of nitrogens with zero attached hydrogens (tertiary/aromatic N) is 2. The van der Waals surface area contributed by atoms with Crippen molar-refractivity contribution in [2.75, 3.05) is 25.2 Å². The van der Waals surface area contributed by atoms with E-state index in [0.29, 0.717) is 22.1 Å². The molecule has 0 radical (unpaired) electrons. The number of halogens is 2. The van der Waals surface area contributed by atoms with Crippen LogP contribution < -0.4 is 10.2 Å². The van der Waals surface area contributed by atoms with E-state index in [4.69, 9.17) is 32.7 Å². The van der Waals surface area contributed by atoms with E-state index in [2.05, 4.69) is 15.3 Å². The van der Waals surface area contributed by atoms with Crippen LogP contribution in [0.25, 0.3) is 11.0 Å². The van der Waals surface area contributed by atoms with Crippen LogP contribution in [0.1, 0.15) is 36.1 Å². The average Bonchev–Trinajstić information content (AvgIpc) is 3.27. The van der Waals surface area contributed by atoms with Gasteiger partial charge < -0.3 is 19.8 Å².